The Labute approximate surface area is 86.2 Å². The summed E-state index contributed by atoms with van der Waals surface area (Å²) >= 11 is 3.26. The van der Waals surface area contributed by atoms with Crippen LogP contribution in [0.15, 0.2) is 23.3 Å². The number of halogens is 1. The summed E-state index contributed by atoms with van der Waals surface area (Å²) in [7, 11) is 0. The SMILES string of the molecule is C=C(Br)CNc1cc(C)c(N)cn1. The lowest BCUT2D eigenvalue weighted by Crippen LogP contribution is -2.03. The lowest BCUT2D eigenvalue weighted by molar-refractivity contribution is 1.21. The van der Waals surface area contributed by atoms with Gasteiger partial charge in [-0.2, -0.15) is 0 Å². The molecule has 3 nitrogen and oxygen atoms in total. The summed E-state index contributed by atoms with van der Waals surface area (Å²) in [6.45, 7) is 6.32. The Hall–Kier alpha value is -1.03. The fraction of sp³-hybridized carbons (Fsp3) is 0.222. The summed E-state index contributed by atoms with van der Waals surface area (Å²) in [6.07, 6.45) is 1.65. The average Bonchev–Trinajstić information content (AvgIpc) is 2.07. The highest BCUT2D eigenvalue weighted by molar-refractivity contribution is 9.11. The molecule has 1 heterocycles. The third kappa shape index (κ3) is 3.06. The molecule has 0 spiro atoms. The van der Waals surface area contributed by atoms with E-state index in [1.165, 1.54) is 0 Å². The number of aromatic nitrogens is 1. The van der Waals surface area contributed by atoms with Crippen molar-refractivity contribution in [3.8, 4) is 0 Å². The van der Waals surface area contributed by atoms with Crippen LogP contribution in [0.1, 0.15) is 5.56 Å². The van der Waals surface area contributed by atoms with Gasteiger partial charge in [-0.25, -0.2) is 4.98 Å². The second-order valence-electron chi connectivity index (χ2n) is 2.80. The van der Waals surface area contributed by atoms with E-state index in [4.69, 9.17) is 5.73 Å². The highest BCUT2D eigenvalue weighted by Gasteiger charge is 1.97. The number of nitrogens with one attached hydrogen (secondary N) is 1. The van der Waals surface area contributed by atoms with Gasteiger partial charge in [0.05, 0.1) is 11.9 Å². The fourth-order valence-corrected chi connectivity index (χ4v) is 0.990. The Morgan fingerprint density at radius 2 is 2.46 bits per heavy atom. The van der Waals surface area contributed by atoms with Gasteiger partial charge < -0.3 is 11.1 Å². The number of anilines is 2. The van der Waals surface area contributed by atoms with Gasteiger partial charge in [-0.3, -0.25) is 0 Å². The molecule has 13 heavy (non-hydrogen) atoms. The maximum atomic E-state index is 5.63. The molecule has 1 rings (SSSR count). The molecule has 3 N–H and O–H groups in total. The van der Waals surface area contributed by atoms with Crippen LogP contribution in [-0.2, 0) is 0 Å². The highest BCUT2D eigenvalue weighted by atomic mass is 79.9. The summed E-state index contributed by atoms with van der Waals surface area (Å²) in [5, 5.41) is 3.10. The molecular weight excluding hydrogens is 230 g/mol. The van der Waals surface area contributed by atoms with Gasteiger partial charge in [0.15, 0.2) is 0 Å². The largest absolute Gasteiger partial charge is 0.397 e. The van der Waals surface area contributed by atoms with E-state index in [-0.39, 0.29) is 0 Å². The molecule has 1 aromatic heterocycles. The molecule has 0 radical (unpaired) electrons. The average molecular weight is 242 g/mol. The molecule has 4 heteroatoms. The lowest BCUT2D eigenvalue weighted by Gasteiger charge is -2.06. The quantitative estimate of drug-likeness (QED) is 0.854. The smallest absolute Gasteiger partial charge is 0.126 e. The first kappa shape index (κ1) is 10.1. The zero-order valence-corrected chi connectivity index (χ0v) is 9.06. The summed E-state index contributed by atoms with van der Waals surface area (Å²) in [5.74, 6) is 0.812. The standard InChI is InChI=1S/C9H12BrN3/c1-6-3-9(12-4-7(2)10)13-5-8(6)11/h3,5H,2,4,11H2,1H3,(H,12,13). The van der Waals surface area contributed by atoms with Crippen molar-refractivity contribution in [2.75, 3.05) is 17.6 Å². The number of nitrogen functional groups attached to an aromatic ring is 1. The van der Waals surface area contributed by atoms with E-state index in [0.717, 1.165) is 15.9 Å². The van der Waals surface area contributed by atoms with Crippen molar-refractivity contribution in [2.24, 2.45) is 0 Å². The molecule has 0 aliphatic rings. The number of hydrogen-bond acceptors (Lipinski definition) is 3. The number of rotatable bonds is 3. The molecule has 0 amide bonds. The van der Waals surface area contributed by atoms with Crippen LogP contribution in [0.4, 0.5) is 11.5 Å². The van der Waals surface area contributed by atoms with Crippen molar-refractivity contribution < 1.29 is 0 Å². The van der Waals surface area contributed by atoms with Gasteiger partial charge in [0.25, 0.3) is 0 Å². The molecule has 0 saturated carbocycles. The number of nitrogens with zero attached hydrogens (tertiary/aromatic N) is 1. The Morgan fingerprint density at radius 1 is 1.77 bits per heavy atom. The van der Waals surface area contributed by atoms with Crippen LogP contribution in [0.5, 0.6) is 0 Å². The Morgan fingerprint density at radius 3 is 3.00 bits per heavy atom. The predicted molar refractivity (Wildman–Crippen MR) is 59.9 cm³/mol. The summed E-state index contributed by atoms with van der Waals surface area (Å²) in [4.78, 5) is 4.11. The van der Waals surface area contributed by atoms with E-state index in [1.54, 1.807) is 6.20 Å². The van der Waals surface area contributed by atoms with Gasteiger partial charge in [0, 0.05) is 11.0 Å². The van der Waals surface area contributed by atoms with E-state index < -0.39 is 0 Å². The molecule has 0 saturated heterocycles. The minimum atomic E-state index is 0.663. The minimum absolute atomic E-state index is 0.663. The monoisotopic (exact) mass is 241 g/mol. The summed E-state index contributed by atoms with van der Waals surface area (Å²) in [6, 6.07) is 1.91. The van der Waals surface area contributed by atoms with Gasteiger partial charge in [0.1, 0.15) is 5.82 Å². The third-order valence-electron chi connectivity index (χ3n) is 1.61. The molecule has 70 valence electrons. The third-order valence-corrected chi connectivity index (χ3v) is 1.89. The molecule has 0 unspecified atom stereocenters. The molecular formula is C9H12BrN3. The van der Waals surface area contributed by atoms with Crippen molar-refractivity contribution in [3.05, 3.63) is 28.9 Å². The Balaban J connectivity index is 2.68. The molecule has 0 fully saturated rings. The Kier molecular flexibility index (Phi) is 3.31. The van der Waals surface area contributed by atoms with Gasteiger partial charge in [-0.1, -0.05) is 22.5 Å². The maximum Gasteiger partial charge on any atom is 0.126 e. The van der Waals surface area contributed by atoms with Crippen LogP contribution >= 0.6 is 15.9 Å². The number of hydrogen-bond donors (Lipinski definition) is 2. The van der Waals surface area contributed by atoms with Gasteiger partial charge >= 0.3 is 0 Å². The Bertz CT molecular complexity index is 323. The predicted octanol–water partition coefficient (Wildman–Crippen LogP) is 2.29. The topological polar surface area (TPSA) is 50.9 Å². The maximum absolute atomic E-state index is 5.63. The van der Waals surface area contributed by atoms with Gasteiger partial charge in [-0.05, 0) is 18.6 Å². The van der Waals surface area contributed by atoms with E-state index >= 15 is 0 Å². The normalized spacial score (nSPS) is 9.69. The zero-order chi connectivity index (χ0) is 9.84. The molecule has 0 aromatic carbocycles. The zero-order valence-electron chi connectivity index (χ0n) is 7.47. The van der Waals surface area contributed by atoms with Gasteiger partial charge in [-0.15, -0.1) is 0 Å². The van der Waals surface area contributed by atoms with E-state index in [0.29, 0.717) is 12.2 Å². The first-order valence-corrected chi connectivity index (χ1v) is 4.68. The number of aryl methyl sites for hydroxylation is 1. The van der Waals surface area contributed by atoms with Crippen molar-refractivity contribution in [2.45, 2.75) is 6.92 Å². The van der Waals surface area contributed by atoms with Gasteiger partial charge in [0.2, 0.25) is 0 Å². The van der Waals surface area contributed by atoms with Crippen LogP contribution in [0, 0.1) is 6.92 Å². The van der Waals surface area contributed by atoms with Crippen molar-refractivity contribution in [3.63, 3.8) is 0 Å². The highest BCUT2D eigenvalue weighted by Crippen LogP contribution is 2.13. The second-order valence-corrected chi connectivity index (χ2v) is 3.92. The van der Waals surface area contributed by atoms with E-state index in [1.807, 2.05) is 13.0 Å². The van der Waals surface area contributed by atoms with Crippen LogP contribution in [0.25, 0.3) is 0 Å². The first-order chi connectivity index (χ1) is 6.09. The molecule has 0 aliphatic heterocycles. The lowest BCUT2D eigenvalue weighted by atomic mass is 10.2. The van der Waals surface area contributed by atoms with Crippen molar-refractivity contribution in [1.29, 1.82) is 0 Å². The number of pyridine rings is 1. The molecule has 0 atom stereocenters. The summed E-state index contributed by atoms with van der Waals surface area (Å²) < 4.78 is 0.892. The first-order valence-electron chi connectivity index (χ1n) is 3.89. The minimum Gasteiger partial charge on any atom is -0.397 e. The number of nitrogens with two attached hydrogens (primary N) is 1. The van der Waals surface area contributed by atoms with E-state index in [9.17, 15) is 0 Å². The molecule has 1 aromatic rings. The summed E-state index contributed by atoms with van der Waals surface area (Å²) in [5.41, 5.74) is 7.36. The fourth-order valence-electron chi connectivity index (χ4n) is 0.850. The second kappa shape index (κ2) is 4.28. The molecule has 0 bridgehead atoms. The van der Waals surface area contributed by atoms with Crippen LogP contribution in [0.3, 0.4) is 0 Å². The van der Waals surface area contributed by atoms with E-state index in [2.05, 4.69) is 32.8 Å². The van der Waals surface area contributed by atoms with Crippen molar-refractivity contribution >= 4 is 27.4 Å². The van der Waals surface area contributed by atoms with Crippen molar-refractivity contribution in [1.82, 2.24) is 4.98 Å². The van der Waals surface area contributed by atoms with Crippen LogP contribution < -0.4 is 11.1 Å². The molecule has 0 aliphatic carbocycles. The van der Waals surface area contributed by atoms with Crippen LogP contribution in [-0.4, -0.2) is 11.5 Å². The van der Waals surface area contributed by atoms with Crippen LogP contribution in [0.2, 0.25) is 0 Å².